The summed E-state index contributed by atoms with van der Waals surface area (Å²) in [7, 11) is -2.66. The third kappa shape index (κ3) is 5.43. The number of nitrogens with one attached hydrogen (secondary N) is 1. The van der Waals surface area contributed by atoms with Gasteiger partial charge in [0.1, 0.15) is 11.3 Å². The zero-order valence-corrected chi connectivity index (χ0v) is 16.5. The van der Waals surface area contributed by atoms with Gasteiger partial charge in [0.2, 0.25) is 10.0 Å². The van der Waals surface area contributed by atoms with Crippen molar-refractivity contribution in [2.24, 2.45) is 11.1 Å². The molecule has 2 rings (SSSR count). The number of carbonyl (C=O) groups excluding carboxylic acids is 2. The third-order valence-corrected chi connectivity index (χ3v) is 5.72. The van der Waals surface area contributed by atoms with Crippen molar-refractivity contribution in [1.29, 1.82) is 0 Å². The zero-order valence-electron chi connectivity index (χ0n) is 15.7. The van der Waals surface area contributed by atoms with E-state index in [9.17, 15) is 18.0 Å². The molecule has 9 heteroatoms. The van der Waals surface area contributed by atoms with Gasteiger partial charge in [0.05, 0.1) is 12.0 Å². The first-order chi connectivity index (χ1) is 12.6. The molecular formula is C18H26N2O6S. The summed E-state index contributed by atoms with van der Waals surface area (Å²) in [5.41, 5.74) is -0.116. The van der Waals surface area contributed by atoms with Crippen LogP contribution in [0, 0.1) is 5.92 Å². The SMILES string of the molecule is COc1ccc(S(N)(=O)=O)cc1C(=O)O[C@H](C)C(=O)N[C@@H]1CCCC[C@H]1C. The minimum absolute atomic E-state index is 0.0626. The highest BCUT2D eigenvalue weighted by Crippen LogP contribution is 2.25. The van der Waals surface area contributed by atoms with Crippen molar-refractivity contribution in [2.45, 2.75) is 56.6 Å². The number of esters is 1. The van der Waals surface area contributed by atoms with Crippen molar-refractivity contribution in [1.82, 2.24) is 5.32 Å². The van der Waals surface area contributed by atoms with Gasteiger partial charge in [-0.3, -0.25) is 4.79 Å². The third-order valence-electron chi connectivity index (χ3n) is 4.81. The van der Waals surface area contributed by atoms with Crippen LogP contribution in [-0.2, 0) is 19.6 Å². The van der Waals surface area contributed by atoms with Gasteiger partial charge in [-0.25, -0.2) is 18.4 Å². The molecule has 1 aromatic rings. The molecule has 3 atom stereocenters. The van der Waals surface area contributed by atoms with Crippen LogP contribution in [0.3, 0.4) is 0 Å². The summed E-state index contributed by atoms with van der Waals surface area (Å²) in [6, 6.07) is 3.67. The molecule has 0 heterocycles. The van der Waals surface area contributed by atoms with Gasteiger partial charge in [0.15, 0.2) is 6.10 Å². The highest BCUT2D eigenvalue weighted by molar-refractivity contribution is 7.89. The van der Waals surface area contributed by atoms with Gasteiger partial charge >= 0.3 is 5.97 Å². The maximum absolute atomic E-state index is 12.5. The summed E-state index contributed by atoms with van der Waals surface area (Å²) in [5.74, 6) is -0.751. The first-order valence-corrected chi connectivity index (χ1v) is 10.4. The van der Waals surface area contributed by atoms with E-state index in [1.165, 1.54) is 26.2 Å². The summed E-state index contributed by atoms with van der Waals surface area (Å²) < 4.78 is 33.3. The Kier molecular flexibility index (Phi) is 6.83. The number of sulfonamides is 1. The van der Waals surface area contributed by atoms with Crippen LogP contribution in [0.2, 0.25) is 0 Å². The van der Waals surface area contributed by atoms with Gasteiger partial charge in [-0.05, 0) is 43.9 Å². The average Bonchev–Trinajstić information content (AvgIpc) is 2.62. The maximum Gasteiger partial charge on any atom is 0.342 e. The number of carbonyl (C=O) groups is 2. The highest BCUT2D eigenvalue weighted by Gasteiger charge is 2.27. The lowest BCUT2D eigenvalue weighted by atomic mass is 9.86. The number of ether oxygens (including phenoxy) is 2. The largest absolute Gasteiger partial charge is 0.496 e. The molecular weight excluding hydrogens is 372 g/mol. The van der Waals surface area contributed by atoms with Crippen molar-refractivity contribution in [3.63, 3.8) is 0 Å². The van der Waals surface area contributed by atoms with Crippen LogP contribution in [0.5, 0.6) is 5.75 Å². The molecule has 8 nitrogen and oxygen atoms in total. The molecule has 150 valence electrons. The average molecular weight is 398 g/mol. The number of hydrogen-bond acceptors (Lipinski definition) is 6. The van der Waals surface area contributed by atoms with E-state index in [4.69, 9.17) is 14.6 Å². The summed E-state index contributed by atoms with van der Waals surface area (Å²) in [4.78, 5) is 24.6. The fourth-order valence-electron chi connectivity index (χ4n) is 3.13. The number of benzene rings is 1. The van der Waals surface area contributed by atoms with E-state index < -0.39 is 22.1 Å². The Morgan fingerprint density at radius 1 is 1.26 bits per heavy atom. The van der Waals surface area contributed by atoms with Gasteiger partial charge in [0.25, 0.3) is 5.91 Å². The Morgan fingerprint density at radius 3 is 2.52 bits per heavy atom. The molecule has 27 heavy (non-hydrogen) atoms. The molecule has 1 aromatic carbocycles. The lowest BCUT2D eigenvalue weighted by molar-refractivity contribution is -0.130. The molecule has 0 radical (unpaired) electrons. The summed E-state index contributed by atoms with van der Waals surface area (Å²) in [5, 5.41) is 8.03. The lowest BCUT2D eigenvalue weighted by Gasteiger charge is -2.30. The number of primary sulfonamides is 1. The summed E-state index contributed by atoms with van der Waals surface area (Å²) in [6.07, 6.45) is 3.13. The van der Waals surface area contributed by atoms with E-state index in [1.54, 1.807) is 0 Å². The number of amides is 1. The van der Waals surface area contributed by atoms with Crippen LogP contribution in [0.25, 0.3) is 0 Å². The topological polar surface area (TPSA) is 125 Å². The van der Waals surface area contributed by atoms with Gasteiger partial charge < -0.3 is 14.8 Å². The molecule has 0 saturated heterocycles. The molecule has 0 aliphatic heterocycles. The van der Waals surface area contributed by atoms with Gasteiger partial charge in [0, 0.05) is 6.04 Å². The van der Waals surface area contributed by atoms with Crippen LogP contribution in [0.15, 0.2) is 23.1 Å². The van der Waals surface area contributed by atoms with Gasteiger partial charge in [-0.2, -0.15) is 0 Å². The first-order valence-electron chi connectivity index (χ1n) is 8.85. The predicted octanol–water partition coefficient (Wildman–Crippen LogP) is 1.58. The quantitative estimate of drug-likeness (QED) is 0.701. The van der Waals surface area contributed by atoms with Crippen molar-refractivity contribution in [3.8, 4) is 5.75 Å². The monoisotopic (exact) mass is 398 g/mol. The summed E-state index contributed by atoms with van der Waals surface area (Å²) in [6.45, 7) is 3.56. The van der Waals surface area contributed by atoms with Crippen LogP contribution in [0.4, 0.5) is 0 Å². The van der Waals surface area contributed by atoms with Crippen LogP contribution in [-0.4, -0.2) is 39.5 Å². The molecule has 1 aliphatic rings. The number of nitrogens with two attached hydrogens (primary N) is 1. The van der Waals surface area contributed by atoms with E-state index in [-0.39, 0.29) is 28.2 Å². The molecule has 1 aliphatic carbocycles. The zero-order chi connectivity index (χ0) is 20.2. The van der Waals surface area contributed by atoms with Gasteiger partial charge in [-0.1, -0.05) is 19.8 Å². The first kappa shape index (κ1) is 21.2. The van der Waals surface area contributed by atoms with Crippen LogP contribution < -0.4 is 15.2 Å². The molecule has 1 saturated carbocycles. The Balaban J connectivity index is 2.10. The molecule has 0 bridgehead atoms. The van der Waals surface area contributed by atoms with E-state index in [2.05, 4.69) is 12.2 Å². The van der Waals surface area contributed by atoms with Crippen molar-refractivity contribution in [3.05, 3.63) is 23.8 Å². The Hall–Kier alpha value is -2.13. The van der Waals surface area contributed by atoms with E-state index in [0.29, 0.717) is 5.92 Å². The molecule has 0 unspecified atom stereocenters. The molecule has 0 aromatic heterocycles. The highest BCUT2D eigenvalue weighted by atomic mass is 32.2. The van der Waals surface area contributed by atoms with Crippen molar-refractivity contribution >= 4 is 21.9 Å². The minimum atomic E-state index is -4.00. The summed E-state index contributed by atoms with van der Waals surface area (Å²) >= 11 is 0. The number of rotatable bonds is 6. The molecule has 1 amide bonds. The number of methoxy groups -OCH3 is 1. The molecule has 3 N–H and O–H groups in total. The van der Waals surface area contributed by atoms with Crippen LogP contribution >= 0.6 is 0 Å². The van der Waals surface area contributed by atoms with Crippen molar-refractivity contribution in [2.75, 3.05) is 7.11 Å². The Morgan fingerprint density at radius 2 is 1.93 bits per heavy atom. The molecule has 0 spiro atoms. The second kappa shape index (κ2) is 8.71. The lowest BCUT2D eigenvalue weighted by Crippen LogP contribution is -2.46. The second-order valence-electron chi connectivity index (χ2n) is 6.83. The predicted molar refractivity (Wildman–Crippen MR) is 98.8 cm³/mol. The Labute approximate surface area is 159 Å². The normalized spacial score (nSPS) is 21.2. The fraction of sp³-hybridized carbons (Fsp3) is 0.556. The van der Waals surface area contributed by atoms with Crippen molar-refractivity contribution < 1.29 is 27.5 Å². The standard InChI is InChI=1S/C18H26N2O6S/c1-11-6-4-5-7-15(11)20-17(21)12(2)26-18(22)14-10-13(27(19,23)24)8-9-16(14)25-3/h8-12,15H,4-7H2,1-3H3,(H,20,21)(H2,19,23,24)/t11-,12-,15-/m1/s1. The number of hydrogen-bond donors (Lipinski definition) is 2. The van der Waals surface area contributed by atoms with E-state index in [0.717, 1.165) is 31.7 Å². The molecule has 1 fully saturated rings. The van der Waals surface area contributed by atoms with E-state index in [1.807, 2.05) is 0 Å². The smallest absolute Gasteiger partial charge is 0.342 e. The minimum Gasteiger partial charge on any atom is -0.496 e. The van der Waals surface area contributed by atoms with Gasteiger partial charge in [-0.15, -0.1) is 0 Å². The second-order valence-corrected chi connectivity index (χ2v) is 8.39. The maximum atomic E-state index is 12.5. The van der Waals surface area contributed by atoms with E-state index >= 15 is 0 Å². The Bertz CT molecular complexity index is 808. The fourth-order valence-corrected chi connectivity index (χ4v) is 3.67. The van der Waals surface area contributed by atoms with Crippen LogP contribution in [0.1, 0.15) is 49.9 Å².